The van der Waals surface area contributed by atoms with Gasteiger partial charge in [-0.15, -0.1) is 0 Å². The number of amides is 1. The lowest BCUT2D eigenvalue weighted by molar-refractivity contribution is -0.153. The first kappa shape index (κ1) is 16.0. The van der Waals surface area contributed by atoms with Crippen LogP contribution >= 0.6 is 0 Å². The molecule has 0 aliphatic heterocycles. The van der Waals surface area contributed by atoms with E-state index in [2.05, 4.69) is 0 Å². The molecule has 0 atom stereocenters. The lowest BCUT2D eigenvalue weighted by Crippen LogP contribution is -2.39. The van der Waals surface area contributed by atoms with Gasteiger partial charge in [0, 0.05) is 19.5 Å². The molecule has 0 heterocycles. The van der Waals surface area contributed by atoms with Crippen molar-refractivity contribution in [3.05, 3.63) is 0 Å². The van der Waals surface area contributed by atoms with Gasteiger partial charge in [0.2, 0.25) is 5.91 Å². The van der Waals surface area contributed by atoms with Crippen molar-refractivity contribution in [1.29, 1.82) is 10.5 Å². The SMILES string of the molecule is N#CCCN(CCC#N)C(=O)CC1(C(=O)O)CCCC1. The molecule has 1 aliphatic rings. The molecule has 1 saturated carbocycles. The summed E-state index contributed by atoms with van der Waals surface area (Å²) in [5.74, 6) is -1.18. The Hall–Kier alpha value is -2.08. The minimum Gasteiger partial charge on any atom is -0.481 e. The summed E-state index contributed by atoms with van der Waals surface area (Å²) >= 11 is 0. The second-order valence-corrected chi connectivity index (χ2v) is 5.17. The third-order valence-corrected chi connectivity index (χ3v) is 3.84. The van der Waals surface area contributed by atoms with Crippen LogP contribution in [0.25, 0.3) is 0 Å². The predicted octanol–water partition coefficient (Wildman–Crippen LogP) is 1.68. The summed E-state index contributed by atoms with van der Waals surface area (Å²) in [7, 11) is 0. The Bertz CT molecular complexity index is 424. The lowest BCUT2D eigenvalue weighted by atomic mass is 9.82. The number of hydrogen-bond acceptors (Lipinski definition) is 4. The zero-order chi connectivity index (χ0) is 15.0. The average molecular weight is 277 g/mol. The molecule has 108 valence electrons. The van der Waals surface area contributed by atoms with Gasteiger partial charge in [0.25, 0.3) is 0 Å². The number of nitrogens with zero attached hydrogens (tertiary/aromatic N) is 3. The molecule has 20 heavy (non-hydrogen) atoms. The maximum atomic E-state index is 12.3. The molecule has 1 N–H and O–H groups in total. The summed E-state index contributed by atoms with van der Waals surface area (Å²) in [6, 6.07) is 3.92. The Balaban J connectivity index is 2.71. The van der Waals surface area contributed by atoms with Crippen LogP contribution in [0.1, 0.15) is 44.9 Å². The van der Waals surface area contributed by atoms with Crippen LogP contribution in [0.5, 0.6) is 0 Å². The van der Waals surface area contributed by atoms with Gasteiger partial charge >= 0.3 is 5.97 Å². The molecule has 1 rings (SSSR count). The molecule has 6 nitrogen and oxygen atoms in total. The van der Waals surface area contributed by atoms with Crippen LogP contribution in [0.4, 0.5) is 0 Å². The summed E-state index contributed by atoms with van der Waals surface area (Å²) in [5.41, 5.74) is -0.950. The van der Waals surface area contributed by atoms with Gasteiger partial charge in [0.05, 0.1) is 30.4 Å². The fourth-order valence-corrected chi connectivity index (χ4v) is 2.65. The van der Waals surface area contributed by atoms with Gasteiger partial charge in [-0.05, 0) is 12.8 Å². The summed E-state index contributed by atoms with van der Waals surface area (Å²) < 4.78 is 0. The fourth-order valence-electron chi connectivity index (χ4n) is 2.65. The highest BCUT2D eigenvalue weighted by atomic mass is 16.4. The molecule has 0 radical (unpaired) electrons. The largest absolute Gasteiger partial charge is 0.481 e. The van der Waals surface area contributed by atoms with Crippen LogP contribution in [0.15, 0.2) is 0 Å². The van der Waals surface area contributed by atoms with Gasteiger partial charge in [-0.3, -0.25) is 9.59 Å². The van der Waals surface area contributed by atoms with Gasteiger partial charge in [-0.1, -0.05) is 12.8 Å². The van der Waals surface area contributed by atoms with Gasteiger partial charge < -0.3 is 10.0 Å². The van der Waals surface area contributed by atoms with Crippen molar-refractivity contribution < 1.29 is 14.7 Å². The van der Waals surface area contributed by atoms with Crippen LogP contribution in [0.3, 0.4) is 0 Å². The van der Waals surface area contributed by atoms with Crippen LogP contribution in [-0.2, 0) is 9.59 Å². The van der Waals surface area contributed by atoms with Crippen molar-refractivity contribution in [2.24, 2.45) is 5.41 Å². The molecule has 0 unspecified atom stereocenters. The van der Waals surface area contributed by atoms with E-state index in [4.69, 9.17) is 10.5 Å². The Morgan fingerprint density at radius 2 is 1.60 bits per heavy atom. The average Bonchev–Trinajstić information content (AvgIpc) is 2.88. The first-order chi connectivity index (χ1) is 9.55. The lowest BCUT2D eigenvalue weighted by Gasteiger charge is -2.27. The van der Waals surface area contributed by atoms with Crippen molar-refractivity contribution in [1.82, 2.24) is 4.90 Å². The number of nitriles is 2. The molecule has 1 amide bonds. The number of hydrogen-bond donors (Lipinski definition) is 1. The predicted molar refractivity (Wildman–Crippen MR) is 70.2 cm³/mol. The molecule has 0 aromatic carbocycles. The zero-order valence-electron chi connectivity index (χ0n) is 11.5. The van der Waals surface area contributed by atoms with Crippen LogP contribution < -0.4 is 0 Å². The summed E-state index contributed by atoms with van der Waals surface area (Å²) in [6.45, 7) is 0.513. The summed E-state index contributed by atoms with van der Waals surface area (Å²) in [6.07, 6.45) is 3.07. The molecule has 0 aromatic rings. The second kappa shape index (κ2) is 7.49. The Labute approximate surface area is 118 Å². The monoisotopic (exact) mass is 277 g/mol. The highest BCUT2D eigenvalue weighted by molar-refractivity contribution is 5.85. The number of rotatable bonds is 7. The third kappa shape index (κ3) is 3.96. The van der Waals surface area contributed by atoms with E-state index >= 15 is 0 Å². The number of carboxylic acid groups (broad SMARTS) is 1. The molecular formula is C14H19N3O3. The maximum absolute atomic E-state index is 12.3. The molecule has 0 saturated heterocycles. The van der Waals surface area contributed by atoms with Gasteiger partial charge in [-0.25, -0.2) is 0 Å². The standard InChI is InChI=1S/C14H19N3O3/c15-7-3-9-17(10-4-8-16)12(18)11-14(13(19)20)5-1-2-6-14/h1-6,9-11H2,(H,19,20). The molecule has 1 fully saturated rings. The molecule has 0 aromatic heterocycles. The first-order valence-electron chi connectivity index (χ1n) is 6.81. The van der Waals surface area contributed by atoms with Crippen molar-refractivity contribution >= 4 is 11.9 Å². The smallest absolute Gasteiger partial charge is 0.310 e. The third-order valence-electron chi connectivity index (χ3n) is 3.84. The van der Waals surface area contributed by atoms with E-state index in [9.17, 15) is 14.7 Å². The topological polar surface area (TPSA) is 105 Å². The van der Waals surface area contributed by atoms with E-state index in [1.807, 2.05) is 12.1 Å². The normalized spacial score (nSPS) is 16.1. The number of carbonyl (C=O) groups excluding carboxylic acids is 1. The summed E-state index contributed by atoms with van der Waals surface area (Å²) in [4.78, 5) is 25.1. The van der Waals surface area contributed by atoms with Crippen LogP contribution in [-0.4, -0.2) is 35.0 Å². The first-order valence-corrected chi connectivity index (χ1v) is 6.81. The van der Waals surface area contributed by atoms with E-state index in [-0.39, 0.29) is 38.3 Å². The van der Waals surface area contributed by atoms with Crippen molar-refractivity contribution in [2.45, 2.75) is 44.9 Å². The van der Waals surface area contributed by atoms with Gasteiger partial charge in [0.1, 0.15) is 0 Å². The second-order valence-electron chi connectivity index (χ2n) is 5.17. The van der Waals surface area contributed by atoms with Crippen molar-refractivity contribution in [3.8, 4) is 12.1 Å². The number of aliphatic carboxylic acids is 1. The van der Waals surface area contributed by atoms with Gasteiger partial charge in [0.15, 0.2) is 0 Å². The van der Waals surface area contributed by atoms with E-state index in [1.54, 1.807) is 0 Å². The van der Waals surface area contributed by atoms with E-state index in [0.717, 1.165) is 12.8 Å². The quantitative estimate of drug-likeness (QED) is 0.762. The van der Waals surface area contributed by atoms with Crippen LogP contribution in [0, 0.1) is 28.1 Å². The van der Waals surface area contributed by atoms with Crippen molar-refractivity contribution in [2.75, 3.05) is 13.1 Å². The fraction of sp³-hybridized carbons (Fsp3) is 0.714. The highest BCUT2D eigenvalue weighted by Gasteiger charge is 2.43. The van der Waals surface area contributed by atoms with Crippen LogP contribution in [0.2, 0.25) is 0 Å². The Morgan fingerprint density at radius 3 is 2.00 bits per heavy atom. The van der Waals surface area contributed by atoms with Gasteiger partial charge in [-0.2, -0.15) is 10.5 Å². The molecule has 6 heteroatoms. The van der Waals surface area contributed by atoms with Crippen molar-refractivity contribution in [3.63, 3.8) is 0 Å². The number of carbonyl (C=O) groups is 2. The molecule has 1 aliphatic carbocycles. The maximum Gasteiger partial charge on any atom is 0.310 e. The minimum absolute atomic E-state index is 0.0286. The molecule has 0 bridgehead atoms. The minimum atomic E-state index is -0.950. The zero-order valence-corrected chi connectivity index (χ0v) is 11.5. The Morgan fingerprint density at radius 1 is 1.10 bits per heavy atom. The Kier molecular flexibility index (Phi) is 5.99. The molecular weight excluding hydrogens is 258 g/mol. The molecule has 0 spiro atoms. The van der Waals surface area contributed by atoms with E-state index < -0.39 is 11.4 Å². The highest BCUT2D eigenvalue weighted by Crippen LogP contribution is 2.41. The number of carboxylic acids is 1. The van der Waals surface area contributed by atoms with E-state index in [0.29, 0.717) is 12.8 Å². The van der Waals surface area contributed by atoms with E-state index in [1.165, 1.54) is 4.90 Å². The summed E-state index contributed by atoms with van der Waals surface area (Å²) in [5, 5.41) is 26.6.